The normalized spacial score (nSPS) is 15.3. The summed E-state index contributed by atoms with van der Waals surface area (Å²) in [5.74, 6) is 0.568. The Morgan fingerprint density at radius 2 is 1.93 bits per heavy atom. The third-order valence-corrected chi connectivity index (χ3v) is 5.03. The molecule has 0 saturated heterocycles. The highest BCUT2D eigenvalue weighted by molar-refractivity contribution is 7.14. The number of hydrogen-bond acceptors (Lipinski definition) is 5. The van der Waals surface area contributed by atoms with Crippen molar-refractivity contribution in [1.82, 2.24) is 4.98 Å². The fourth-order valence-electron chi connectivity index (χ4n) is 2.81. The first-order valence-corrected chi connectivity index (χ1v) is 9.30. The van der Waals surface area contributed by atoms with E-state index in [0.717, 1.165) is 22.6 Å². The number of aromatic nitrogens is 1. The van der Waals surface area contributed by atoms with E-state index >= 15 is 0 Å². The van der Waals surface area contributed by atoms with E-state index in [0.29, 0.717) is 16.4 Å². The van der Waals surface area contributed by atoms with Crippen LogP contribution in [0.4, 0.5) is 5.13 Å². The van der Waals surface area contributed by atoms with Gasteiger partial charge in [0.2, 0.25) is 5.13 Å². The van der Waals surface area contributed by atoms with Gasteiger partial charge in [0.25, 0.3) is 5.91 Å². The van der Waals surface area contributed by atoms with Crippen molar-refractivity contribution in [3.8, 4) is 17.0 Å². The van der Waals surface area contributed by atoms with Crippen LogP contribution in [0, 0.1) is 0 Å². The summed E-state index contributed by atoms with van der Waals surface area (Å²) >= 11 is 1.40. The molecule has 5 nitrogen and oxygen atoms in total. The molecule has 0 unspecified atom stereocenters. The lowest BCUT2D eigenvalue weighted by atomic mass is 10.1. The Morgan fingerprint density at radius 3 is 2.70 bits per heavy atom. The predicted octanol–water partition coefficient (Wildman–Crippen LogP) is 4.62. The molecule has 1 aliphatic heterocycles. The van der Waals surface area contributed by atoms with Crippen LogP contribution in [-0.4, -0.2) is 23.7 Å². The maximum absolute atomic E-state index is 12.9. The van der Waals surface area contributed by atoms with Gasteiger partial charge in [-0.2, -0.15) is 10.1 Å². The number of carbonyl (C=O) groups excluding carboxylic acids is 1. The lowest BCUT2D eigenvalue weighted by molar-refractivity contribution is -0.114. The van der Waals surface area contributed by atoms with Gasteiger partial charge in [0.15, 0.2) is 0 Å². The summed E-state index contributed by atoms with van der Waals surface area (Å²) in [6.07, 6.45) is 1.83. The minimum absolute atomic E-state index is 0.177. The molecule has 1 aliphatic rings. The lowest BCUT2D eigenvalue weighted by Crippen LogP contribution is -2.21. The molecular weight excluding hydrogens is 358 g/mol. The van der Waals surface area contributed by atoms with E-state index in [1.54, 1.807) is 7.11 Å². The van der Waals surface area contributed by atoms with E-state index in [-0.39, 0.29) is 5.91 Å². The second-order valence-electron chi connectivity index (χ2n) is 6.02. The number of methoxy groups -OCH3 is 1. The van der Waals surface area contributed by atoms with Crippen LogP contribution in [-0.2, 0) is 4.79 Å². The summed E-state index contributed by atoms with van der Waals surface area (Å²) in [6.45, 7) is 1.83. The van der Waals surface area contributed by atoms with Crippen LogP contribution < -0.4 is 9.75 Å². The molecule has 0 fully saturated rings. The molecule has 0 saturated carbocycles. The number of carbonyl (C=O) groups is 1. The largest absolute Gasteiger partial charge is 0.497 e. The zero-order valence-electron chi connectivity index (χ0n) is 14.9. The van der Waals surface area contributed by atoms with E-state index in [1.807, 2.05) is 73.0 Å². The standard InChI is InChI=1S/C21H17N3O2S/c1-14-18(12-15-7-6-10-17(11-15)26-2)20(25)24(23-14)21-22-19(13-27-21)16-8-4-3-5-9-16/h3-13H,1-2H3/b18-12+. The van der Waals surface area contributed by atoms with Crippen LogP contribution in [0.25, 0.3) is 17.3 Å². The smallest absolute Gasteiger partial charge is 0.282 e. The Hall–Kier alpha value is -3.25. The Bertz CT molecular complexity index is 1050. The highest BCUT2D eigenvalue weighted by atomic mass is 32.1. The third kappa shape index (κ3) is 3.39. The topological polar surface area (TPSA) is 54.8 Å². The molecule has 0 N–H and O–H groups in total. The number of hydrazone groups is 1. The molecule has 0 aliphatic carbocycles. The molecule has 1 amide bonds. The van der Waals surface area contributed by atoms with Gasteiger partial charge in [-0.1, -0.05) is 42.5 Å². The average Bonchev–Trinajstić information content (AvgIpc) is 3.29. The van der Waals surface area contributed by atoms with E-state index in [1.165, 1.54) is 16.3 Å². The lowest BCUT2D eigenvalue weighted by Gasteiger charge is -2.07. The SMILES string of the molecule is COc1cccc(/C=C2/C(=O)N(c3nc(-c4ccccc4)cs3)N=C2C)c1. The molecule has 4 rings (SSSR count). The number of thiazole rings is 1. The Labute approximate surface area is 161 Å². The van der Waals surface area contributed by atoms with Gasteiger partial charge in [-0.05, 0) is 30.7 Å². The molecule has 0 spiro atoms. The molecule has 0 bridgehead atoms. The monoisotopic (exact) mass is 375 g/mol. The zero-order chi connectivity index (χ0) is 18.8. The first-order valence-electron chi connectivity index (χ1n) is 8.42. The molecular formula is C21H17N3O2S. The molecule has 0 radical (unpaired) electrons. The van der Waals surface area contributed by atoms with Crippen LogP contribution in [0.3, 0.4) is 0 Å². The van der Waals surface area contributed by atoms with Gasteiger partial charge in [-0.25, -0.2) is 4.98 Å². The first-order chi connectivity index (χ1) is 13.2. The molecule has 1 aromatic heterocycles. The minimum Gasteiger partial charge on any atom is -0.497 e. The van der Waals surface area contributed by atoms with Gasteiger partial charge in [0.1, 0.15) is 5.75 Å². The number of rotatable bonds is 4. The van der Waals surface area contributed by atoms with Gasteiger partial charge in [-0.3, -0.25) is 4.79 Å². The minimum atomic E-state index is -0.177. The fraction of sp³-hybridized carbons (Fsp3) is 0.0952. The summed E-state index contributed by atoms with van der Waals surface area (Å²) in [5.41, 5.74) is 3.96. The fourth-order valence-corrected chi connectivity index (χ4v) is 3.60. The van der Waals surface area contributed by atoms with Crippen molar-refractivity contribution in [2.75, 3.05) is 12.1 Å². The summed E-state index contributed by atoms with van der Waals surface area (Å²) < 4.78 is 5.25. The van der Waals surface area contributed by atoms with Crippen molar-refractivity contribution in [3.63, 3.8) is 0 Å². The summed E-state index contributed by atoms with van der Waals surface area (Å²) in [6, 6.07) is 17.4. The predicted molar refractivity (Wildman–Crippen MR) is 109 cm³/mol. The van der Waals surface area contributed by atoms with Crippen LogP contribution in [0.2, 0.25) is 0 Å². The van der Waals surface area contributed by atoms with Crippen molar-refractivity contribution in [2.45, 2.75) is 6.92 Å². The Kier molecular flexibility index (Phi) is 4.56. The molecule has 134 valence electrons. The van der Waals surface area contributed by atoms with Crippen LogP contribution in [0.5, 0.6) is 5.75 Å². The highest BCUT2D eigenvalue weighted by Gasteiger charge is 2.30. The number of anilines is 1. The van der Waals surface area contributed by atoms with Gasteiger partial charge < -0.3 is 4.74 Å². The number of nitrogens with zero attached hydrogens (tertiary/aromatic N) is 3. The summed E-state index contributed by atoms with van der Waals surface area (Å²) in [4.78, 5) is 17.5. The van der Waals surface area contributed by atoms with E-state index in [9.17, 15) is 4.79 Å². The van der Waals surface area contributed by atoms with E-state index < -0.39 is 0 Å². The Morgan fingerprint density at radius 1 is 1.11 bits per heavy atom. The molecule has 2 heterocycles. The van der Waals surface area contributed by atoms with Gasteiger partial charge in [-0.15, -0.1) is 11.3 Å². The number of amides is 1. The summed E-state index contributed by atoms with van der Waals surface area (Å²) in [5, 5.41) is 8.29. The first kappa shape index (κ1) is 17.2. The summed E-state index contributed by atoms with van der Waals surface area (Å²) in [7, 11) is 1.62. The molecule has 27 heavy (non-hydrogen) atoms. The second kappa shape index (κ2) is 7.17. The molecule has 3 aromatic rings. The molecule has 6 heteroatoms. The van der Waals surface area contributed by atoms with Gasteiger partial charge >= 0.3 is 0 Å². The zero-order valence-corrected chi connectivity index (χ0v) is 15.7. The highest BCUT2D eigenvalue weighted by Crippen LogP contribution is 2.31. The number of benzene rings is 2. The van der Waals surface area contributed by atoms with Crippen molar-refractivity contribution < 1.29 is 9.53 Å². The van der Waals surface area contributed by atoms with Crippen LogP contribution >= 0.6 is 11.3 Å². The van der Waals surface area contributed by atoms with Gasteiger partial charge in [0.05, 0.1) is 24.1 Å². The second-order valence-corrected chi connectivity index (χ2v) is 6.85. The van der Waals surface area contributed by atoms with E-state index in [2.05, 4.69) is 10.1 Å². The average molecular weight is 375 g/mol. The third-order valence-electron chi connectivity index (χ3n) is 4.21. The quantitative estimate of drug-likeness (QED) is 0.625. The maximum atomic E-state index is 12.9. The maximum Gasteiger partial charge on any atom is 0.282 e. The van der Waals surface area contributed by atoms with E-state index in [4.69, 9.17) is 4.74 Å². The molecule has 2 aromatic carbocycles. The van der Waals surface area contributed by atoms with Crippen molar-refractivity contribution in [2.24, 2.45) is 5.10 Å². The Balaban J connectivity index is 1.63. The van der Waals surface area contributed by atoms with Crippen LogP contribution in [0.1, 0.15) is 12.5 Å². The van der Waals surface area contributed by atoms with Crippen molar-refractivity contribution >= 4 is 34.2 Å². The van der Waals surface area contributed by atoms with Crippen molar-refractivity contribution in [1.29, 1.82) is 0 Å². The van der Waals surface area contributed by atoms with Crippen molar-refractivity contribution in [3.05, 3.63) is 71.1 Å². The number of hydrogen-bond donors (Lipinski definition) is 0. The van der Waals surface area contributed by atoms with Crippen LogP contribution in [0.15, 0.2) is 70.7 Å². The number of ether oxygens (including phenoxy) is 1. The van der Waals surface area contributed by atoms with Gasteiger partial charge in [0, 0.05) is 10.9 Å². The molecule has 0 atom stereocenters.